The van der Waals surface area contributed by atoms with Crippen molar-refractivity contribution in [2.45, 2.75) is 26.3 Å². The highest BCUT2D eigenvalue weighted by molar-refractivity contribution is 6.04. The summed E-state index contributed by atoms with van der Waals surface area (Å²) in [4.78, 5) is 29.4. The minimum absolute atomic E-state index is 0.0122. The Morgan fingerprint density at radius 3 is 2.47 bits per heavy atom. The van der Waals surface area contributed by atoms with E-state index < -0.39 is 0 Å². The minimum atomic E-state index is -0.0151. The van der Waals surface area contributed by atoms with Gasteiger partial charge in [0, 0.05) is 50.3 Å². The fraction of sp³-hybridized carbons (Fsp3) is 0.444. The number of carbonyl (C=O) groups is 2. The number of nitrogens with one attached hydrogen (secondary N) is 1. The van der Waals surface area contributed by atoms with E-state index in [-0.39, 0.29) is 11.8 Å². The predicted molar refractivity (Wildman–Crippen MR) is 139 cm³/mol. The van der Waals surface area contributed by atoms with Gasteiger partial charge in [-0.2, -0.15) is 5.10 Å². The van der Waals surface area contributed by atoms with Gasteiger partial charge in [-0.3, -0.25) is 14.5 Å². The molecule has 2 aromatic carbocycles. The van der Waals surface area contributed by atoms with Crippen molar-refractivity contribution in [2.75, 3.05) is 58.8 Å². The molecule has 192 valence electrons. The van der Waals surface area contributed by atoms with Crippen molar-refractivity contribution in [3.63, 3.8) is 0 Å². The summed E-state index contributed by atoms with van der Waals surface area (Å²) < 4.78 is 11.1. The van der Waals surface area contributed by atoms with E-state index in [0.29, 0.717) is 44.0 Å². The van der Waals surface area contributed by atoms with E-state index in [2.05, 4.69) is 27.3 Å². The van der Waals surface area contributed by atoms with Gasteiger partial charge in [-0.25, -0.2) is 5.01 Å². The lowest BCUT2D eigenvalue weighted by atomic mass is 10.0. The van der Waals surface area contributed by atoms with Crippen molar-refractivity contribution < 1.29 is 19.1 Å². The summed E-state index contributed by atoms with van der Waals surface area (Å²) in [6.07, 6.45) is 0.973. The van der Waals surface area contributed by atoms with E-state index in [4.69, 9.17) is 9.47 Å². The summed E-state index contributed by atoms with van der Waals surface area (Å²) in [6.45, 7) is 6.98. The van der Waals surface area contributed by atoms with Gasteiger partial charge in [0.25, 0.3) is 0 Å². The van der Waals surface area contributed by atoms with Crippen LogP contribution < -0.4 is 14.8 Å². The smallest absolute Gasteiger partial charge is 0.243 e. The van der Waals surface area contributed by atoms with Crippen LogP contribution in [0.5, 0.6) is 11.5 Å². The lowest BCUT2D eigenvalue weighted by molar-refractivity contribution is -0.132. The largest absolute Gasteiger partial charge is 0.493 e. The number of hydrogen-bond acceptors (Lipinski definition) is 7. The van der Waals surface area contributed by atoms with Crippen molar-refractivity contribution in [1.82, 2.24) is 14.8 Å². The lowest BCUT2D eigenvalue weighted by Gasteiger charge is -2.31. The van der Waals surface area contributed by atoms with Crippen LogP contribution in [0.25, 0.3) is 0 Å². The van der Waals surface area contributed by atoms with E-state index >= 15 is 0 Å². The highest BCUT2D eigenvalue weighted by Gasteiger charge is 2.22. The monoisotopic (exact) mass is 493 g/mol. The van der Waals surface area contributed by atoms with E-state index in [1.165, 1.54) is 5.01 Å². The average Bonchev–Trinajstić information content (AvgIpc) is 2.88. The van der Waals surface area contributed by atoms with E-state index in [9.17, 15) is 9.59 Å². The third-order valence-electron chi connectivity index (χ3n) is 6.43. The number of hydrogen-bond donors (Lipinski definition) is 1. The molecule has 1 fully saturated rings. The van der Waals surface area contributed by atoms with Gasteiger partial charge in [0.05, 0.1) is 32.5 Å². The van der Waals surface area contributed by atoms with Crippen LogP contribution in [0.1, 0.15) is 30.9 Å². The molecule has 1 N–H and O–H groups in total. The van der Waals surface area contributed by atoms with Gasteiger partial charge in [-0.1, -0.05) is 12.1 Å². The summed E-state index contributed by atoms with van der Waals surface area (Å²) in [7, 11) is 3.71. The molecule has 0 spiro atoms. The first-order valence-electron chi connectivity index (χ1n) is 12.4. The zero-order valence-corrected chi connectivity index (χ0v) is 21.3. The molecule has 4 rings (SSSR count). The fourth-order valence-corrected chi connectivity index (χ4v) is 4.33. The molecule has 0 aliphatic carbocycles. The predicted octanol–water partition coefficient (Wildman–Crippen LogP) is 2.81. The van der Waals surface area contributed by atoms with Gasteiger partial charge in [-0.15, -0.1) is 0 Å². The van der Waals surface area contributed by atoms with Gasteiger partial charge in [0.1, 0.15) is 0 Å². The third-order valence-corrected chi connectivity index (χ3v) is 6.43. The SMILES string of the molecule is CCOc1cc(C2=NN(Cc3ccc(NC(=O)CN4CCN(C)CC4)cc3)C(=O)CC2)ccc1OC. The van der Waals surface area contributed by atoms with Crippen LogP contribution in [0, 0.1) is 0 Å². The Morgan fingerprint density at radius 1 is 1.03 bits per heavy atom. The van der Waals surface area contributed by atoms with Gasteiger partial charge < -0.3 is 19.7 Å². The Bertz CT molecular complexity index is 1090. The Hall–Kier alpha value is -3.43. The standard InChI is InChI=1S/C27H35N5O4/c1-4-36-25-17-21(7-11-24(25)35-3)23-10-12-27(34)32(29-23)18-20-5-8-22(9-6-20)28-26(33)19-31-15-13-30(2)14-16-31/h5-9,11,17H,4,10,12-16,18-19H2,1-3H3,(H,28,33). The third kappa shape index (κ3) is 6.61. The fourth-order valence-electron chi connectivity index (χ4n) is 4.33. The van der Waals surface area contributed by atoms with Crippen LogP contribution >= 0.6 is 0 Å². The summed E-state index contributed by atoms with van der Waals surface area (Å²) in [6, 6.07) is 13.3. The Balaban J connectivity index is 1.38. The number of likely N-dealkylation sites (N-methyl/N-ethyl adjacent to an activating group) is 1. The van der Waals surface area contributed by atoms with E-state index in [1.54, 1.807) is 7.11 Å². The molecule has 9 nitrogen and oxygen atoms in total. The van der Waals surface area contributed by atoms with Crippen LogP contribution in [-0.2, 0) is 16.1 Å². The molecule has 2 heterocycles. The second kappa shape index (κ2) is 12.0. The first-order valence-corrected chi connectivity index (χ1v) is 12.4. The van der Waals surface area contributed by atoms with E-state index in [1.807, 2.05) is 49.4 Å². The zero-order valence-electron chi connectivity index (χ0n) is 21.3. The normalized spacial score (nSPS) is 17.0. The van der Waals surface area contributed by atoms with Gasteiger partial charge in [0.15, 0.2) is 11.5 Å². The number of ether oxygens (including phenoxy) is 2. The second-order valence-electron chi connectivity index (χ2n) is 9.12. The molecule has 1 saturated heterocycles. The number of rotatable bonds is 9. The number of nitrogens with zero attached hydrogens (tertiary/aromatic N) is 4. The van der Waals surface area contributed by atoms with Crippen molar-refractivity contribution in [2.24, 2.45) is 5.10 Å². The van der Waals surface area contributed by atoms with Crippen LogP contribution in [0.2, 0.25) is 0 Å². The molecule has 0 radical (unpaired) electrons. The van der Waals surface area contributed by atoms with E-state index in [0.717, 1.165) is 48.7 Å². The summed E-state index contributed by atoms with van der Waals surface area (Å²) >= 11 is 0. The van der Waals surface area contributed by atoms with Crippen LogP contribution in [0.4, 0.5) is 5.69 Å². The van der Waals surface area contributed by atoms with Crippen molar-refractivity contribution in [3.8, 4) is 11.5 Å². The molecule has 0 atom stereocenters. The number of carbonyl (C=O) groups excluding carboxylic acids is 2. The minimum Gasteiger partial charge on any atom is -0.493 e. The summed E-state index contributed by atoms with van der Waals surface area (Å²) in [5.74, 6) is 1.30. The zero-order chi connectivity index (χ0) is 25.5. The van der Waals surface area contributed by atoms with Crippen molar-refractivity contribution in [3.05, 3.63) is 53.6 Å². The quantitative estimate of drug-likeness (QED) is 0.578. The number of benzene rings is 2. The number of piperazine rings is 1. The topological polar surface area (TPSA) is 86.7 Å². The second-order valence-corrected chi connectivity index (χ2v) is 9.12. The molecule has 0 saturated carbocycles. The van der Waals surface area contributed by atoms with Crippen LogP contribution in [0.3, 0.4) is 0 Å². The number of hydrazone groups is 1. The number of methoxy groups -OCH3 is 1. The average molecular weight is 494 g/mol. The summed E-state index contributed by atoms with van der Waals surface area (Å²) in [5.41, 5.74) is 3.44. The number of amides is 2. The maximum atomic E-state index is 12.6. The first-order chi connectivity index (χ1) is 17.4. The maximum absolute atomic E-state index is 12.6. The molecule has 0 aromatic heterocycles. The highest BCUT2D eigenvalue weighted by atomic mass is 16.5. The Morgan fingerprint density at radius 2 is 1.78 bits per heavy atom. The Kier molecular flexibility index (Phi) is 8.56. The molecule has 9 heteroatoms. The van der Waals surface area contributed by atoms with Gasteiger partial charge >= 0.3 is 0 Å². The molecule has 0 unspecified atom stereocenters. The van der Waals surface area contributed by atoms with Gasteiger partial charge in [-0.05, 0) is 49.9 Å². The Labute approximate surface area is 212 Å². The summed E-state index contributed by atoms with van der Waals surface area (Å²) in [5, 5.41) is 9.14. The van der Waals surface area contributed by atoms with Crippen molar-refractivity contribution >= 4 is 23.2 Å². The molecular formula is C27H35N5O4. The van der Waals surface area contributed by atoms with Crippen LogP contribution in [0.15, 0.2) is 47.6 Å². The first kappa shape index (κ1) is 25.7. The maximum Gasteiger partial charge on any atom is 0.243 e. The molecule has 0 bridgehead atoms. The molecular weight excluding hydrogens is 458 g/mol. The highest BCUT2D eigenvalue weighted by Crippen LogP contribution is 2.30. The molecule has 2 aliphatic rings. The van der Waals surface area contributed by atoms with Crippen molar-refractivity contribution in [1.29, 1.82) is 0 Å². The molecule has 36 heavy (non-hydrogen) atoms. The molecule has 2 aromatic rings. The molecule has 2 aliphatic heterocycles. The lowest BCUT2D eigenvalue weighted by Crippen LogP contribution is -2.47. The van der Waals surface area contributed by atoms with Crippen LogP contribution in [-0.4, -0.2) is 85.8 Å². The van der Waals surface area contributed by atoms with Gasteiger partial charge in [0.2, 0.25) is 11.8 Å². The number of anilines is 1. The molecule has 2 amide bonds.